The molecule has 2 aliphatic rings. The Morgan fingerprint density at radius 1 is 1.32 bits per heavy atom. The molecule has 0 spiro atoms. The van der Waals surface area contributed by atoms with Crippen molar-refractivity contribution in [2.45, 2.75) is 37.4 Å². The van der Waals surface area contributed by atoms with Gasteiger partial charge in [-0.05, 0) is 18.2 Å². The third kappa shape index (κ3) is 3.93. The lowest BCUT2D eigenvalue weighted by Gasteiger charge is -2.38. The van der Waals surface area contributed by atoms with E-state index in [-0.39, 0.29) is 35.1 Å². The molecule has 1 fully saturated rings. The lowest BCUT2D eigenvalue weighted by atomic mass is 9.88. The van der Waals surface area contributed by atoms with E-state index >= 15 is 0 Å². The number of rotatable bonds is 4. The minimum atomic E-state index is -2.80. The number of carbonyl (C=O) groups excluding carboxylic acids is 2. The van der Waals surface area contributed by atoms with Gasteiger partial charge in [0.25, 0.3) is 11.8 Å². The van der Waals surface area contributed by atoms with Crippen LogP contribution in [0.4, 0.5) is 22.4 Å². The average molecular weight is 460 g/mol. The number of fused-ring (bicyclic) bond motifs is 1. The molecule has 4 rings (SSSR count). The van der Waals surface area contributed by atoms with Gasteiger partial charge in [-0.15, -0.1) is 0 Å². The van der Waals surface area contributed by atoms with Gasteiger partial charge >= 0.3 is 6.03 Å². The summed E-state index contributed by atoms with van der Waals surface area (Å²) in [5.74, 6) is -4.33. The first-order valence-corrected chi connectivity index (χ1v) is 9.83. The summed E-state index contributed by atoms with van der Waals surface area (Å²) in [7, 11) is 0. The second-order valence-electron chi connectivity index (χ2n) is 7.71. The molecule has 166 valence electrons. The fourth-order valence-corrected chi connectivity index (χ4v) is 4.08. The third-order valence-electron chi connectivity index (χ3n) is 5.45. The van der Waals surface area contributed by atoms with Gasteiger partial charge < -0.3 is 16.0 Å². The summed E-state index contributed by atoms with van der Waals surface area (Å²) >= 11 is 5.83. The molecule has 1 unspecified atom stereocenters. The maximum atomic E-state index is 13.8. The van der Waals surface area contributed by atoms with Gasteiger partial charge in [0.15, 0.2) is 0 Å². The Hall–Kier alpha value is -2.82. The van der Waals surface area contributed by atoms with Crippen molar-refractivity contribution in [2.24, 2.45) is 5.73 Å². The van der Waals surface area contributed by atoms with Crippen molar-refractivity contribution in [3.8, 4) is 11.3 Å². The Morgan fingerprint density at radius 3 is 2.61 bits per heavy atom. The van der Waals surface area contributed by atoms with Crippen molar-refractivity contribution in [1.82, 2.24) is 20.0 Å². The van der Waals surface area contributed by atoms with Gasteiger partial charge in [-0.2, -0.15) is 5.10 Å². The van der Waals surface area contributed by atoms with E-state index in [4.69, 9.17) is 17.3 Å². The monoisotopic (exact) mass is 459 g/mol. The minimum absolute atomic E-state index is 0.0474. The number of nitrogens with one attached hydrogen (secondary N) is 1. The lowest BCUT2D eigenvalue weighted by Crippen LogP contribution is -2.55. The predicted molar refractivity (Wildman–Crippen MR) is 103 cm³/mol. The minimum Gasteiger partial charge on any atom is -0.365 e. The summed E-state index contributed by atoms with van der Waals surface area (Å²) in [4.78, 5) is 26.0. The number of aromatic nitrogens is 2. The molecule has 1 aromatic heterocycles. The Morgan fingerprint density at radius 2 is 2.03 bits per heavy atom. The van der Waals surface area contributed by atoms with Gasteiger partial charge in [0.2, 0.25) is 0 Å². The van der Waals surface area contributed by atoms with Crippen LogP contribution in [0.1, 0.15) is 34.9 Å². The van der Waals surface area contributed by atoms with Gasteiger partial charge in [0.1, 0.15) is 18.2 Å². The number of nitrogens with two attached hydrogens (primary N) is 1. The molecule has 0 saturated heterocycles. The molecule has 31 heavy (non-hydrogen) atoms. The van der Waals surface area contributed by atoms with Crippen LogP contribution in [0.25, 0.3) is 11.3 Å². The number of hydrogen-bond acceptors (Lipinski definition) is 3. The normalized spacial score (nSPS) is 20.2. The molecule has 1 atom stereocenters. The van der Waals surface area contributed by atoms with Gasteiger partial charge in [0.05, 0.1) is 28.9 Å². The second kappa shape index (κ2) is 7.70. The molecule has 1 aliphatic carbocycles. The van der Waals surface area contributed by atoms with E-state index in [0.717, 1.165) is 6.07 Å². The smallest absolute Gasteiger partial charge is 0.318 e. The highest BCUT2D eigenvalue weighted by molar-refractivity contribution is 6.31. The number of alkyl halides is 3. The topological polar surface area (TPSA) is 93.2 Å². The van der Waals surface area contributed by atoms with Crippen molar-refractivity contribution in [2.75, 3.05) is 13.2 Å². The fourth-order valence-electron chi connectivity index (χ4n) is 3.90. The van der Waals surface area contributed by atoms with E-state index in [0.29, 0.717) is 5.56 Å². The number of urea groups is 1. The first-order valence-electron chi connectivity index (χ1n) is 9.45. The molecule has 12 heteroatoms. The first-order chi connectivity index (χ1) is 14.6. The molecule has 1 saturated carbocycles. The van der Waals surface area contributed by atoms with Crippen LogP contribution < -0.4 is 11.1 Å². The van der Waals surface area contributed by atoms with Crippen LogP contribution in [0.2, 0.25) is 5.02 Å². The molecular weight excluding hydrogens is 442 g/mol. The van der Waals surface area contributed by atoms with E-state index in [1.54, 1.807) is 0 Å². The van der Waals surface area contributed by atoms with E-state index < -0.39 is 55.3 Å². The van der Waals surface area contributed by atoms with Crippen LogP contribution in [0, 0.1) is 5.82 Å². The summed E-state index contributed by atoms with van der Waals surface area (Å²) in [5, 5.41) is 6.61. The molecule has 3 N–H and O–H groups in total. The standard InChI is InChI=1S/C19H18ClF4N5O2/c20-12-3-9(1-2-13(12)22)16-15(17(25)30)14-8-28(7-11(6-21)29(14)27-16)18(31)26-10-4-19(23,24)5-10/h1-3,10-11H,4-8H2,(H2,25,30)(H,26,31). The zero-order chi connectivity index (χ0) is 22.5. The number of halogens is 5. The summed E-state index contributed by atoms with van der Waals surface area (Å²) in [5.41, 5.74) is 6.08. The maximum absolute atomic E-state index is 13.8. The Balaban J connectivity index is 1.67. The number of benzene rings is 1. The van der Waals surface area contributed by atoms with Crippen LogP contribution in [-0.2, 0) is 6.54 Å². The van der Waals surface area contributed by atoms with E-state index in [1.807, 2.05) is 0 Å². The van der Waals surface area contributed by atoms with Gasteiger partial charge in [-0.3, -0.25) is 9.48 Å². The number of amides is 3. The summed E-state index contributed by atoms with van der Waals surface area (Å²) in [6.07, 6.45) is -0.919. The van der Waals surface area contributed by atoms with Crippen molar-refractivity contribution >= 4 is 23.5 Å². The first kappa shape index (κ1) is 21.4. The molecule has 7 nitrogen and oxygen atoms in total. The Labute approximate surface area is 179 Å². The highest BCUT2D eigenvalue weighted by atomic mass is 35.5. The fraction of sp³-hybridized carbons (Fsp3) is 0.421. The van der Waals surface area contributed by atoms with Gasteiger partial charge in [-0.1, -0.05) is 11.6 Å². The molecule has 1 aliphatic heterocycles. The number of hydrogen-bond donors (Lipinski definition) is 2. The van der Waals surface area contributed by atoms with Crippen LogP contribution in [-0.4, -0.2) is 51.8 Å². The second-order valence-corrected chi connectivity index (χ2v) is 8.11. The zero-order valence-electron chi connectivity index (χ0n) is 16.0. The zero-order valence-corrected chi connectivity index (χ0v) is 16.8. The molecule has 3 amide bonds. The predicted octanol–water partition coefficient (Wildman–Crippen LogP) is 3.28. The molecule has 2 heterocycles. The van der Waals surface area contributed by atoms with Crippen molar-refractivity contribution in [1.29, 1.82) is 0 Å². The highest BCUT2D eigenvalue weighted by Gasteiger charge is 2.46. The lowest BCUT2D eigenvalue weighted by molar-refractivity contribution is -0.0904. The van der Waals surface area contributed by atoms with E-state index in [9.17, 15) is 27.2 Å². The van der Waals surface area contributed by atoms with Gasteiger partial charge in [0, 0.05) is 31.0 Å². The van der Waals surface area contributed by atoms with Gasteiger partial charge in [-0.25, -0.2) is 22.4 Å². The van der Waals surface area contributed by atoms with Crippen LogP contribution in [0.5, 0.6) is 0 Å². The van der Waals surface area contributed by atoms with Crippen molar-refractivity contribution in [3.05, 3.63) is 40.3 Å². The number of primary amides is 1. The van der Waals surface area contributed by atoms with E-state index in [1.165, 1.54) is 21.7 Å². The molecule has 2 aromatic rings. The number of nitrogens with zero attached hydrogens (tertiary/aromatic N) is 3. The third-order valence-corrected chi connectivity index (χ3v) is 5.74. The molecule has 0 bridgehead atoms. The quantitative estimate of drug-likeness (QED) is 0.687. The number of carbonyl (C=O) groups is 2. The largest absolute Gasteiger partial charge is 0.365 e. The van der Waals surface area contributed by atoms with E-state index in [2.05, 4.69) is 10.4 Å². The maximum Gasteiger partial charge on any atom is 0.318 e. The van der Waals surface area contributed by atoms with Crippen molar-refractivity contribution in [3.63, 3.8) is 0 Å². The Bertz CT molecular complexity index is 1050. The Kier molecular flexibility index (Phi) is 5.32. The average Bonchev–Trinajstić information content (AvgIpc) is 3.07. The summed E-state index contributed by atoms with van der Waals surface area (Å²) in [6.45, 7) is -1.12. The van der Waals surface area contributed by atoms with Crippen LogP contribution in [0.3, 0.4) is 0 Å². The molecular formula is C19H18ClF4N5O2. The molecule has 1 aromatic carbocycles. The van der Waals surface area contributed by atoms with Crippen molar-refractivity contribution < 1.29 is 27.2 Å². The molecule has 0 radical (unpaired) electrons. The summed E-state index contributed by atoms with van der Waals surface area (Å²) in [6, 6.07) is 1.48. The van der Waals surface area contributed by atoms with Crippen LogP contribution in [0.15, 0.2) is 18.2 Å². The SMILES string of the molecule is NC(=O)c1c(-c2ccc(F)c(Cl)c2)nn2c1CN(C(=O)NC1CC(F)(F)C1)CC2CF. The highest BCUT2D eigenvalue weighted by Crippen LogP contribution is 2.38. The van der Waals surface area contributed by atoms with Crippen LogP contribution >= 0.6 is 11.6 Å². The summed E-state index contributed by atoms with van der Waals surface area (Å²) < 4.78 is 54.7.